The maximum absolute atomic E-state index is 5.92. The van der Waals surface area contributed by atoms with Crippen molar-refractivity contribution < 1.29 is 9.26 Å². The van der Waals surface area contributed by atoms with Crippen molar-refractivity contribution in [1.82, 2.24) is 15.1 Å². The largest absolute Gasteiger partial charge is 0.481 e. The Morgan fingerprint density at radius 1 is 1.19 bits per heavy atom. The van der Waals surface area contributed by atoms with E-state index in [9.17, 15) is 0 Å². The van der Waals surface area contributed by atoms with Crippen LogP contribution in [-0.2, 0) is 0 Å². The standard InChI is InChI=1S/C15H12ClN3O2/c1-10(20-13-4-2-3-12(16)9-13)15-18-14(19-21-15)11-5-7-17-8-6-11/h2-10H,1H3/t10-/m1/s1. The van der Waals surface area contributed by atoms with Gasteiger partial charge in [0, 0.05) is 23.0 Å². The van der Waals surface area contributed by atoms with Crippen molar-refractivity contribution in [3.63, 3.8) is 0 Å². The summed E-state index contributed by atoms with van der Waals surface area (Å²) < 4.78 is 11.0. The Morgan fingerprint density at radius 3 is 2.76 bits per heavy atom. The first-order valence-corrected chi connectivity index (χ1v) is 6.76. The monoisotopic (exact) mass is 301 g/mol. The van der Waals surface area contributed by atoms with Gasteiger partial charge in [-0.05, 0) is 37.3 Å². The smallest absolute Gasteiger partial charge is 0.267 e. The van der Waals surface area contributed by atoms with Gasteiger partial charge in [-0.3, -0.25) is 4.98 Å². The minimum atomic E-state index is -0.369. The normalized spacial score (nSPS) is 12.1. The Balaban J connectivity index is 1.77. The van der Waals surface area contributed by atoms with E-state index < -0.39 is 0 Å². The van der Waals surface area contributed by atoms with Crippen molar-refractivity contribution in [1.29, 1.82) is 0 Å². The van der Waals surface area contributed by atoms with Crippen molar-refractivity contribution in [2.24, 2.45) is 0 Å². The van der Waals surface area contributed by atoms with E-state index in [1.807, 2.05) is 31.2 Å². The summed E-state index contributed by atoms with van der Waals surface area (Å²) in [5.41, 5.74) is 0.843. The number of nitrogens with zero attached hydrogens (tertiary/aromatic N) is 3. The van der Waals surface area contributed by atoms with Gasteiger partial charge in [-0.25, -0.2) is 0 Å². The van der Waals surface area contributed by atoms with E-state index in [4.69, 9.17) is 20.9 Å². The van der Waals surface area contributed by atoms with Crippen LogP contribution in [0, 0.1) is 0 Å². The molecule has 0 aliphatic carbocycles. The van der Waals surface area contributed by atoms with Crippen LogP contribution in [-0.4, -0.2) is 15.1 Å². The topological polar surface area (TPSA) is 61.0 Å². The molecule has 0 radical (unpaired) electrons. The average Bonchev–Trinajstić information content (AvgIpc) is 2.98. The molecule has 0 spiro atoms. The molecule has 21 heavy (non-hydrogen) atoms. The molecule has 0 aliphatic heterocycles. The first kappa shape index (κ1) is 13.6. The van der Waals surface area contributed by atoms with E-state index in [1.165, 1.54) is 0 Å². The number of aromatic nitrogens is 3. The molecule has 1 aromatic carbocycles. The number of hydrogen-bond donors (Lipinski definition) is 0. The molecule has 0 saturated heterocycles. The number of benzene rings is 1. The lowest BCUT2D eigenvalue weighted by Gasteiger charge is -2.10. The molecule has 0 unspecified atom stereocenters. The summed E-state index contributed by atoms with van der Waals surface area (Å²) in [6.07, 6.45) is 2.99. The third-order valence-electron chi connectivity index (χ3n) is 2.84. The number of pyridine rings is 1. The van der Waals surface area contributed by atoms with Crippen molar-refractivity contribution in [2.75, 3.05) is 0 Å². The van der Waals surface area contributed by atoms with E-state index >= 15 is 0 Å². The van der Waals surface area contributed by atoms with Crippen molar-refractivity contribution >= 4 is 11.6 Å². The SMILES string of the molecule is C[C@@H](Oc1cccc(Cl)c1)c1nc(-c2ccncc2)no1. The lowest BCUT2D eigenvalue weighted by Crippen LogP contribution is -2.03. The minimum Gasteiger partial charge on any atom is -0.481 e. The van der Waals surface area contributed by atoms with E-state index in [1.54, 1.807) is 24.5 Å². The van der Waals surface area contributed by atoms with Gasteiger partial charge in [-0.1, -0.05) is 22.8 Å². The highest BCUT2D eigenvalue weighted by atomic mass is 35.5. The van der Waals surface area contributed by atoms with Crippen molar-refractivity contribution in [3.8, 4) is 17.1 Å². The zero-order valence-corrected chi connectivity index (χ0v) is 12.0. The molecule has 0 saturated carbocycles. The van der Waals surface area contributed by atoms with Gasteiger partial charge < -0.3 is 9.26 Å². The van der Waals surface area contributed by atoms with E-state index in [0.29, 0.717) is 22.5 Å². The van der Waals surface area contributed by atoms with Gasteiger partial charge in [-0.2, -0.15) is 4.98 Å². The Labute approximate surface area is 126 Å². The van der Waals surface area contributed by atoms with Crippen molar-refractivity contribution in [3.05, 3.63) is 59.7 Å². The quantitative estimate of drug-likeness (QED) is 0.731. The zero-order chi connectivity index (χ0) is 14.7. The molecule has 0 aliphatic rings. The van der Waals surface area contributed by atoms with Crippen LogP contribution in [0.3, 0.4) is 0 Å². The highest BCUT2D eigenvalue weighted by molar-refractivity contribution is 6.30. The van der Waals surface area contributed by atoms with E-state index in [-0.39, 0.29) is 6.10 Å². The van der Waals surface area contributed by atoms with Crippen LogP contribution in [0.25, 0.3) is 11.4 Å². The van der Waals surface area contributed by atoms with Gasteiger partial charge in [0.1, 0.15) is 5.75 Å². The van der Waals surface area contributed by atoms with E-state index in [0.717, 1.165) is 5.56 Å². The number of ether oxygens (including phenoxy) is 1. The fraction of sp³-hybridized carbons (Fsp3) is 0.133. The van der Waals surface area contributed by atoms with Gasteiger partial charge >= 0.3 is 0 Å². The number of halogens is 1. The summed E-state index contributed by atoms with van der Waals surface area (Å²) in [4.78, 5) is 8.29. The van der Waals surface area contributed by atoms with Crippen LogP contribution in [0.15, 0.2) is 53.3 Å². The molecule has 2 aromatic heterocycles. The first-order valence-electron chi connectivity index (χ1n) is 6.38. The average molecular weight is 302 g/mol. The predicted octanol–water partition coefficient (Wildman–Crippen LogP) is 3.93. The second-order valence-corrected chi connectivity index (χ2v) is 4.85. The van der Waals surface area contributed by atoms with Crippen LogP contribution in [0.4, 0.5) is 0 Å². The van der Waals surface area contributed by atoms with Crippen LogP contribution < -0.4 is 4.74 Å². The third-order valence-corrected chi connectivity index (χ3v) is 3.07. The zero-order valence-electron chi connectivity index (χ0n) is 11.2. The molecule has 3 rings (SSSR count). The fourth-order valence-corrected chi connectivity index (χ4v) is 1.99. The van der Waals surface area contributed by atoms with Crippen molar-refractivity contribution in [2.45, 2.75) is 13.0 Å². The van der Waals surface area contributed by atoms with Crippen LogP contribution >= 0.6 is 11.6 Å². The van der Waals surface area contributed by atoms with Gasteiger partial charge in [0.15, 0.2) is 6.10 Å². The molecule has 0 N–H and O–H groups in total. The van der Waals surface area contributed by atoms with Gasteiger partial charge in [-0.15, -0.1) is 0 Å². The molecule has 0 fully saturated rings. The fourth-order valence-electron chi connectivity index (χ4n) is 1.81. The summed E-state index contributed by atoms with van der Waals surface area (Å²) in [6.45, 7) is 1.84. The van der Waals surface area contributed by atoms with Crippen LogP contribution in [0.1, 0.15) is 18.9 Å². The summed E-state index contributed by atoms with van der Waals surface area (Å²) in [6, 6.07) is 10.8. The van der Waals surface area contributed by atoms with Crippen LogP contribution in [0.2, 0.25) is 5.02 Å². The third kappa shape index (κ3) is 3.20. The molecule has 3 aromatic rings. The summed E-state index contributed by atoms with van der Waals surface area (Å²) in [5, 5.41) is 4.56. The highest BCUT2D eigenvalue weighted by Crippen LogP contribution is 2.24. The first-order chi connectivity index (χ1) is 10.2. The Morgan fingerprint density at radius 2 is 2.00 bits per heavy atom. The molecule has 0 bridgehead atoms. The number of rotatable bonds is 4. The molecule has 0 amide bonds. The molecular formula is C15H12ClN3O2. The second kappa shape index (κ2) is 5.93. The van der Waals surface area contributed by atoms with Gasteiger partial charge in [0.2, 0.25) is 5.82 Å². The Kier molecular flexibility index (Phi) is 3.83. The Hall–Kier alpha value is -2.40. The van der Waals surface area contributed by atoms with E-state index in [2.05, 4.69) is 15.1 Å². The van der Waals surface area contributed by atoms with Gasteiger partial charge in [0.25, 0.3) is 5.89 Å². The molecule has 2 heterocycles. The molecule has 1 atom stereocenters. The summed E-state index contributed by atoms with van der Waals surface area (Å²) >= 11 is 5.92. The molecule has 106 valence electrons. The maximum Gasteiger partial charge on any atom is 0.267 e. The van der Waals surface area contributed by atoms with Crippen LogP contribution in [0.5, 0.6) is 5.75 Å². The summed E-state index contributed by atoms with van der Waals surface area (Å²) in [7, 11) is 0. The lowest BCUT2D eigenvalue weighted by molar-refractivity contribution is 0.176. The summed E-state index contributed by atoms with van der Waals surface area (Å²) in [5.74, 6) is 1.56. The highest BCUT2D eigenvalue weighted by Gasteiger charge is 2.16. The minimum absolute atomic E-state index is 0.369. The molecule has 6 heteroatoms. The second-order valence-electron chi connectivity index (χ2n) is 4.41. The maximum atomic E-state index is 5.92. The Bertz CT molecular complexity index is 731. The predicted molar refractivity (Wildman–Crippen MR) is 78.0 cm³/mol. The lowest BCUT2D eigenvalue weighted by atomic mass is 10.2. The molecule has 5 nitrogen and oxygen atoms in total. The van der Waals surface area contributed by atoms with Gasteiger partial charge in [0.05, 0.1) is 0 Å². The number of hydrogen-bond acceptors (Lipinski definition) is 5. The molecular weight excluding hydrogens is 290 g/mol.